The van der Waals surface area contributed by atoms with E-state index in [9.17, 15) is 0 Å². The second-order valence-corrected chi connectivity index (χ2v) is 8.75. The van der Waals surface area contributed by atoms with Gasteiger partial charge in [-0.15, -0.1) is 0 Å². The highest BCUT2D eigenvalue weighted by Gasteiger charge is 2.17. The Bertz CT molecular complexity index is 729. The van der Waals surface area contributed by atoms with Crippen LogP contribution in [0, 0.1) is 5.92 Å². The molecule has 5 nitrogen and oxygen atoms in total. The van der Waals surface area contributed by atoms with E-state index in [1.807, 2.05) is 7.05 Å². The summed E-state index contributed by atoms with van der Waals surface area (Å²) < 4.78 is 0. The van der Waals surface area contributed by atoms with Gasteiger partial charge in [0.05, 0.1) is 0 Å². The minimum absolute atomic E-state index is 0.379. The minimum atomic E-state index is 0.379. The van der Waals surface area contributed by atoms with Gasteiger partial charge >= 0.3 is 0 Å². The summed E-state index contributed by atoms with van der Waals surface area (Å²) in [6.45, 7) is 9.97. The van der Waals surface area contributed by atoms with Crippen LogP contribution in [0.25, 0.3) is 0 Å². The molecule has 2 aromatic rings. The Balaban J connectivity index is 1.45. The summed E-state index contributed by atoms with van der Waals surface area (Å²) in [7, 11) is 4.06. The van der Waals surface area contributed by atoms with Gasteiger partial charge in [0.1, 0.15) is 0 Å². The number of nitrogens with zero attached hydrogens (tertiary/aromatic N) is 3. The Morgan fingerprint density at radius 3 is 2.03 bits per heavy atom. The summed E-state index contributed by atoms with van der Waals surface area (Å²) in [5.74, 6) is 1.86. The third kappa shape index (κ3) is 7.67. The second kappa shape index (κ2) is 12.5. The first-order chi connectivity index (χ1) is 15.2. The van der Waals surface area contributed by atoms with Crippen molar-refractivity contribution in [1.29, 1.82) is 0 Å². The molecule has 1 unspecified atom stereocenters. The topological polar surface area (TPSA) is 42.9 Å². The Morgan fingerprint density at radius 1 is 0.903 bits per heavy atom. The number of benzene rings is 2. The van der Waals surface area contributed by atoms with E-state index in [2.05, 4.69) is 100 Å². The van der Waals surface area contributed by atoms with Crippen molar-refractivity contribution in [2.45, 2.75) is 19.3 Å². The maximum Gasteiger partial charge on any atom is 0.190 e. The van der Waals surface area contributed by atoms with Crippen LogP contribution in [0.4, 0.5) is 0 Å². The van der Waals surface area contributed by atoms with E-state index in [-0.39, 0.29) is 0 Å². The van der Waals surface area contributed by atoms with Crippen LogP contribution in [0.2, 0.25) is 0 Å². The van der Waals surface area contributed by atoms with Crippen molar-refractivity contribution < 1.29 is 0 Å². The van der Waals surface area contributed by atoms with Crippen molar-refractivity contribution in [2.24, 2.45) is 10.9 Å². The lowest BCUT2D eigenvalue weighted by atomic mass is 9.88. The fourth-order valence-electron chi connectivity index (χ4n) is 4.26. The molecule has 0 saturated carbocycles. The number of likely N-dealkylation sites (N-methyl/N-ethyl adjacent to an activating group) is 1. The van der Waals surface area contributed by atoms with Crippen LogP contribution in [0.1, 0.15) is 30.4 Å². The largest absolute Gasteiger partial charge is 0.356 e. The normalized spacial score (nSPS) is 17.0. The molecule has 0 radical (unpaired) electrons. The van der Waals surface area contributed by atoms with Crippen LogP contribution in [-0.2, 0) is 0 Å². The molecule has 1 fully saturated rings. The summed E-state index contributed by atoms with van der Waals surface area (Å²) in [5, 5.41) is 7.05. The quantitative estimate of drug-likeness (QED) is 0.482. The van der Waals surface area contributed by atoms with E-state index in [0.717, 1.165) is 32.0 Å². The first kappa shape index (κ1) is 23.3. The van der Waals surface area contributed by atoms with Gasteiger partial charge in [0.25, 0.3) is 0 Å². The van der Waals surface area contributed by atoms with Gasteiger partial charge in [0.15, 0.2) is 5.96 Å². The number of rotatable bonds is 9. The number of hydrogen-bond acceptors (Lipinski definition) is 3. The van der Waals surface area contributed by atoms with Gasteiger partial charge in [-0.05, 0) is 30.5 Å². The Morgan fingerprint density at radius 2 is 1.48 bits per heavy atom. The average Bonchev–Trinajstić information content (AvgIpc) is 2.81. The summed E-state index contributed by atoms with van der Waals surface area (Å²) >= 11 is 0. The zero-order chi connectivity index (χ0) is 21.9. The molecule has 1 saturated heterocycles. The lowest BCUT2D eigenvalue weighted by Gasteiger charge is -2.34. The van der Waals surface area contributed by atoms with Gasteiger partial charge in [-0.1, -0.05) is 67.6 Å². The Kier molecular flexibility index (Phi) is 9.38. The molecule has 0 aliphatic carbocycles. The molecule has 1 heterocycles. The van der Waals surface area contributed by atoms with E-state index < -0.39 is 0 Å². The average molecular weight is 422 g/mol. The number of guanidine groups is 1. The van der Waals surface area contributed by atoms with Crippen molar-refractivity contribution in [2.75, 3.05) is 59.9 Å². The van der Waals surface area contributed by atoms with Crippen molar-refractivity contribution in [1.82, 2.24) is 20.4 Å². The Labute approximate surface area is 188 Å². The zero-order valence-corrected chi connectivity index (χ0v) is 19.4. The molecular formula is C26H39N5. The minimum Gasteiger partial charge on any atom is -0.356 e. The van der Waals surface area contributed by atoms with E-state index in [4.69, 9.17) is 0 Å². The van der Waals surface area contributed by atoms with E-state index in [1.54, 1.807) is 0 Å². The molecule has 2 aromatic carbocycles. The summed E-state index contributed by atoms with van der Waals surface area (Å²) in [4.78, 5) is 9.42. The molecule has 0 aromatic heterocycles. The predicted molar refractivity (Wildman–Crippen MR) is 132 cm³/mol. The monoisotopic (exact) mass is 421 g/mol. The van der Waals surface area contributed by atoms with Gasteiger partial charge < -0.3 is 20.4 Å². The smallest absolute Gasteiger partial charge is 0.190 e. The standard InChI is InChI=1S/C26H39N5/c1-22(21-31-18-16-30(3)17-19-31)20-29-26(27-2)28-15-14-25(23-10-6-4-7-11-23)24-12-8-5-9-13-24/h4-13,22,25H,14-21H2,1-3H3,(H2,27,28,29). The molecule has 3 rings (SSSR count). The van der Waals surface area contributed by atoms with Crippen molar-refractivity contribution >= 4 is 5.96 Å². The number of piperazine rings is 1. The van der Waals surface area contributed by atoms with Gasteiger partial charge in [0.2, 0.25) is 0 Å². The highest BCUT2D eigenvalue weighted by atomic mass is 15.2. The van der Waals surface area contributed by atoms with Crippen LogP contribution in [0.5, 0.6) is 0 Å². The van der Waals surface area contributed by atoms with Crippen molar-refractivity contribution in [3.63, 3.8) is 0 Å². The van der Waals surface area contributed by atoms with Crippen LogP contribution in [-0.4, -0.2) is 75.7 Å². The molecule has 0 amide bonds. The predicted octanol–water partition coefficient (Wildman–Crippen LogP) is 3.26. The van der Waals surface area contributed by atoms with Gasteiger partial charge in [0, 0.05) is 58.8 Å². The third-order valence-corrected chi connectivity index (χ3v) is 6.14. The van der Waals surface area contributed by atoms with Crippen molar-refractivity contribution in [3.05, 3.63) is 71.8 Å². The third-order valence-electron chi connectivity index (χ3n) is 6.14. The fourth-order valence-corrected chi connectivity index (χ4v) is 4.26. The molecule has 168 valence electrons. The highest BCUT2D eigenvalue weighted by Crippen LogP contribution is 2.27. The summed E-state index contributed by atoms with van der Waals surface area (Å²) in [6.07, 6.45) is 1.02. The van der Waals surface area contributed by atoms with E-state index in [0.29, 0.717) is 11.8 Å². The first-order valence-electron chi connectivity index (χ1n) is 11.6. The number of nitrogens with one attached hydrogen (secondary N) is 2. The lowest BCUT2D eigenvalue weighted by Crippen LogP contribution is -2.47. The zero-order valence-electron chi connectivity index (χ0n) is 19.4. The molecular weight excluding hydrogens is 382 g/mol. The SMILES string of the molecule is CN=C(NCCC(c1ccccc1)c1ccccc1)NCC(C)CN1CCN(C)CC1. The number of aliphatic imine (C=N–C) groups is 1. The van der Waals surface area contributed by atoms with E-state index in [1.165, 1.54) is 37.3 Å². The molecule has 31 heavy (non-hydrogen) atoms. The molecule has 5 heteroatoms. The molecule has 1 aliphatic heterocycles. The van der Waals surface area contributed by atoms with Crippen LogP contribution >= 0.6 is 0 Å². The van der Waals surface area contributed by atoms with Crippen LogP contribution in [0.15, 0.2) is 65.7 Å². The molecule has 0 bridgehead atoms. The Hall–Kier alpha value is -2.37. The maximum atomic E-state index is 4.43. The van der Waals surface area contributed by atoms with Crippen molar-refractivity contribution in [3.8, 4) is 0 Å². The first-order valence-corrected chi connectivity index (χ1v) is 11.6. The molecule has 2 N–H and O–H groups in total. The summed E-state index contributed by atoms with van der Waals surface area (Å²) in [5.41, 5.74) is 2.72. The molecule has 0 spiro atoms. The van der Waals surface area contributed by atoms with Gasteiger partial charge in [-0.25, -0.2) is 0 Å². The summed E-state index contributed by atoms with van der Waals surface area (Å²) in [6, 6.07) is 21.6. The fraction of sp³-hybridized carbons (Fsp3) is 0.500. The molecule has 1 aliphatic rings. The van der Waals surface area contributed by atoms with Crippen LogP contribution in [0.3, 0.4) is 0 Å². The van der Waals surface area contributed by atoms with E-state index >= 15 is 0 Å². The van der Waals surface area contributed by atoms with Gasteiger partial charge in [-0.2, -0.15) is 0 Å². The number of hydrogen-bond donors (Lipinski definition) is 2. The molecule has 1 atom stereocenters. The lowest BCUT2D eigenvalue weighted by molar-refractivity contribution is 0.139. The highest BCUT2D eigenvalue weighted by molar-refractivity contribution is 5.79. The van der Waals surface area contributed by atoms with Crippen LogP contribution < -0.4 is 10.6 Å². The maximum absolute atomic E-state index is 4.43. The van der Waals surface area contributed by atoms with Gasteiger partial charge in [-0.3, -0.25) is 4.99 Å². The second-order valence-electron chi connectivity index (χ2n) is 8.75.